The molecule has 0 saturated heterocycles. The third-order valence-corrected chi connectivity index (χ3v) is 2.92. The van der Waals surface area contributed by atoms with E-state index < -0.39 is 0 Å². The maximum Gasteiger partial charge on any atom is 0.146 e. The molecular formula is C13H15ClFN3. The number of halogens is 2. The van der Waals surface area contributed by atoms with Crippen LogP contribution in [0.25, 0.3) is 0 Å². The molecule has 0 aliphatic carbocycles. The summed E-state index contributed by atoms with van der Waals surface area (Å²) in [5.74, 6) is -0.372. The van der Waals surface area contributed by atoms with Crippen molar-refractivity contribution in [1.82, 2.24) is 15.1 Å². The first-order valence-corrected chi connectivity index (χ1v) is 6.23. The second-order valence-corrected chi connectivity index (χ2v) is 4.45. The van der Waals surface area contributed by atoms with Crippen LogP contribution < -0.4 is 5.32 Å². The van der Waals surface area contributed by atoms with E-state index in [1.54, 1.807) is 29.1 Å². The molecule has 3 nitrogen and oxygen atoms in total. The molecule has 1 N–H and O–H groups in total. The van der Waals surface area contributed by atoms with E-state index in [1.807, 2.05) is 13.1 Å². The molecule has 0 fully saturated rings. The standard InChI is InChI=1S/C13H15ClFN3/c1-2-16-6-10-7-17-18(8-10)9-11-4-3-5-12(14)13(11)15/h3-5,7-8,16H,2,6,9H2,1H3. The molecule has 2 rings (SSSR count). The van der Waals surface area contributed by atoms with E-state index >= 15 is 0 Å². The fourth-order valence-corrected chi connectivity index (χ4v) is 1.89. The quantitative estimate of drug-likeness (QED) is 0.903. The third-order valence-electron chi connectivity index (χ3n) is 2.63. The van der Waals surface area contributed by atoms with Gasteiger partial charge in [0.25, 0.3) is 0 Å². The average Bonchev–Trinajstić information content (AvgIpc) is 2.80. The van der Waals surface area contributed by atoms with Crippen molar-refractivity contribution in [3.8, 4) is 0 Å². The molecule has 2 aromatic rings. The molecule has 0 atom stereocenters. The van der Waals surface area contributed by atoms with E-state index in [4.69, 9.17) is 11.6 Å². The summed E-state index contributed by atoms with van der Waals surface area (Å²) < 4.78 is 15.4. The van der Waals surface area contributed by atoms with Crippen LogP contribution in [-0.4, -0.2) is 16.3 Å². The van der Waals surface area contributed by atoms with Gasteiger partial charge in [0.1, 0.15) is 5.82 Å². The first-order chi connectivity index (χ1) is 8.70. The number of rotatable bonds is 5. The Hall–Kier alpha value is -1.39. The Morgan fingerprint density at radius 1 is 1.44 bits per heavy atom. The van der Waals surface area contributed by atoms with E-state index in [2.05, 4.69) is 10.4 Å². The van der Waals surface area contributed by atoms with Gasteiger partial charge in [-0.1, -0.05) is 30.7 Å². The van der Waals surface area contributed by atoms with E-state index in [-0.39, 0.29) is 10.8 Å². The molecule has 96 valence electrons. The summed E-state index contributed by atoms with van der Waals surface area (Å²) in [5, 5.41) is 7.56. The second kappa shape index (κ2) is 5.98. The Morgan fingerprint density at radius 2 is 2.28 bits per heavy atom. The van der Waals surface area contributed by atoms with Crippen molar-refractivity contribution in [1.29, 1.82) is 0 Å². The van der Waals surface area contributed by atoms with Gasteiger partial charge in [-0.25, -0.2) is 4.39 Å². The summed E-state index contributed by atoms with van der Waals surface area (Å²) in [7, 11) is 0. The van der Waals surface area contributed by atoms with E-state index in [0.29, 0.717) is 12.1 Å². The van der Waals surface area contributed by atoms with Crippen molar-refractivity contribution >= 4 is 11.6 Å². The molecule has 0 aliphatic heterocycles. The average molecular weight is 268 g/mol. The highest BCUT2D eigenvalue weighted by Crippen LogP contribution is 2.18. The van der Waals surface area contributed by atoms with Gasteiger partial charge >= 0.3 is 0 Å². The van der Waals surface area contributed by atoms with Crippen LogP contribution in [0, 0.1) is 5.82 Å². The Balaban J connectivity index is 2.09. The highest BCUT2D eigenvalue weighted by molar-refractivity contribution is 6.30. The van der Waals surface area contributed by atoms with Crippen LogP contribution in [0.4, 0.5) is 4.39 Å². The Bertz CT molecular complexity index is 525. The fraction of sp³-hybridized carbons (Fsp3) is 0.308. The summed E-state index contributed by atoms with van der Waals surface area (Å²) in [6.07, 6.45) is 3.69. The Labute approximate surface area is 111 Å². The second-order valence-electron chi connectivity index (χ2n) is 4.04. The van der Waals surface area contributed by atoms with Crippen LogP contribution in [0.2, 0.25) is 5.02 Å². The van der Waals surface area contributed by atoms with Crippen LogP contribution in [0.15, 0.2) is 30.6 Å². The first-order valence-electron chi connectivity index (χ1n) is 5.85. The van der Waals surface area contributed by atoms with Gasteiger partial charge in [-0.05, 0) is 12.6 Å². The van der Waals surface area contributed by atoms with Crippen LogP contribution in [0.5, 0.6) is 0 Å². The molecule has 1 aromatic carbocycles. The monoisotopic (exact) mass is 267 g/mol. The number of hydrogen-bond donors (Lipinski definition) is 1. The lowest BCUT2D eigenvalue weighted by atomic mass is 10.2. The lowest BCUT2D eigenvalue weighted by Gasteiger charge is -2.04. The molecule has 0 saturated carbocycles. The zero-order valence-corrected chi connectivity index (χ0v) is 10.9. The number of nitrogens with one attached hydrogen (secondary N) is 1. The number of nitrogens with zero attached hydrogens (tertiary/aromatic N) is 2. The summed E-state index contributed by atoms with van der Waals surface area (Å²) in [4.78, 5) is 0. The van der Waals surface area contributed by atoms with Gasteiger partial charge in [0.2, 0.25) is 0 Å². The minimum absolute atomic E-state index is 0.146. The van der Waals surface area contributed by atoms with E-state index in [9.17, 15) is 4.39 Å². The van der Waals surface area contributed by atoms with Gasteiger partial charge in [0.05, 0.1) is 17.8 Å². The lowest BCUT2D eigenvalue weighted by Crippen LogP contribution is -2.11. The highest BCUT2D eigenvalue weighted by atomic mass is 35.5. The van der Waals surface area contributed by atoms with Crippen molar-refractivity contribution in [2.45, 2.75) is 20.0 Å². The highest BCUT2D eigenvalue weighted by Gasteiger charge is 2.07. The molecule has 0 spiro atoms. The SMILES string of the molecule is CCNCc1cnn(Cc2cccc(Cl)c2F)c1. The van der Waals surface area contributed by atoms with Gasteiger partial charge < -0.3 is 5.32 Å². The maximum atomic E-state index is 13.7. The van der Waals surface area contributed by atoms with Gasteiger partial charge in [0, 0.05) is 23.9 Å². The van der Waals surface area contributed by atoms with Crippen LogP contribution in [0.1, 0.15) is 18.1 Å². The minimum Gasteiger partial charge on any atom is -0.313 e. The van der Waals surface area contributed by atoms with Gasteiger partial charge in [0.15, 0.2) is 0 Å². The predicted octanol–water partition coefficient (Wildman–Crippen LogP) is 2.83. The van der Waals surface area contributed by atoms with Crippen molar-refractivity contribution in [2.75, 3.05) is 6.54 Å². The number of aromatic nitrogens is 2. The van der Waals surface area contributed by atoms with Gasteiger partial charge in [-0.15, -0.1) is 0 Å². The van der Waals surface area contributed by atoms with Crippen LogP contribution in [0.3, 0.4) is 0 Å². The van der Waals surface area contributed by atoms with Gasteiger partial charge in [-0.3, -0.25) is 4.68 Å². The molecule has 0 aliphatic rings. The maximum absolute atomic E-state index is 13.7. The zero-order valence-electron chi connectivity index (χ0n) is 10.2. The molecule has 0 unspecified atom stereocenters. The molecule has 18 heavy (non-hydrogen) atoms. The van der Waals surface area contributed by atoms with Crippen molar-refractivity contribution in [2.24, 2.45) is 0 Å². The molecule has 1 aromatic heterocycles. The van der Waals surface area contributed by atoms with Crippen molar-refractivity contribution in [3.05, 3.63) is 52.6 Å². The Kier molecular flexibility index (Phi) is 4.33. The van der Waals surface area contributed by atoms with E-state index in [0.717, 1.165) is 18.7 Å². The molecule has 5 heteroatoms. The normalized spacial score (nSPS) is 10.8. The molecular weight excluding hydrogens is 253 g/mol. The summed E-state index contributed by atoms with van der Waals surface area (Å²) >= 11 is 5.74. The first kappa shape index (κ1) is 13.1. The van der Waals surface area contributed by atoms with Crippen molar-refractivity contribution < 1.29 is 4.39 Å². The topological polar surface area (TPSA) is 29.9 Å². The van der Waals surface area contributed by atoms with Crippen molar-refractivity contribution in [3.63, 3.8) is 0 Å². The smallest absolute Gasteiger partial charge is 0.146 e. The van der Waals surface area contributed by atoms with Crippen LogP contribution >= 0.6 is 11.6 Å². The van der Waals surface area contributed by atoms with Crippen LogP contribution in [-0.2, 0) is 13.1 Å². The minimum atomic E-state index is -0.372. The van der Waals surface area contributed by atoms with Gasteiger partial charge in [-0.2, -0.15) is 5.10 Å². The number of benzene rings is 1. The summed E-state index contributed by atoms with van der Waals surface area (Å²) in [5.41, 5.74) is 1.62. The third kappa shape index (κ3) is 3.09. The molecule has 0 amide bonds. The zero-order chi connectivity index (χ0) is 13.0. The molecule has 0 radical (unpaired) electrons. The largest absolute Gasteiger partial charge is 0.313 e. The van der Waals surface area contributed by atoms with E-state index in [1.165, 1.54) is 0 Å². The lowest BCUT2D eigenvalue weighted by molar-refractivity contribution is 0.585. The fourth-order valence-electron chi connectivity index (χ4n) is 1.70. The summed E-state index contributed by atoms with van der Waals surface area (Å²) in [6, 6.07) is 5.00. The Morgan fingerprint density at radius 3 is 3.06 bits per heavy atom. The number of hydrogen-bond acceptors (Lipinski definition) is 2. The predicted molar refractivity (Wildman–Crippen MR) is 70.1 cm³/mol. The molecule has 1 heterocycles. The summed E-state index contributed by atoms with van der Waals surface area (Å²) in [6.45, 7) is 4.12. The molecule has 0 bridgehead atoms.